The van der Waals surface area contributed by atoms with Gasteiger partial charge in [-0.1, -0.05) is 6.92 Å². The summed E-state index contributed by atoms with van der Waals surface area (Å²) >= 11 is 0. The van der Waals surface area contributed by atoms with Gasteiger partial charge in [0.05, 0.1) is 6.54 Å². The molecule has 0 bridgehead atoms. The van der Waals surface area contributed by atoms with Gasteiger partial charge in [-0.3, -0.25) is 19.9 Å². The number of carbonyl (C=O) groups excluding carboxylic acids is 2. The second-order valence-corrected chi connectivity index (χ2v) is 3.72. The van der Waals surface area contributed by atoms with Gasteiger partial charge in [0.2, 0.25) is 11.9 Å². The van der Waals surface area contributed by atoms with E-state index in [2.05, 4.69) is 0 Å². The number of nitrogens with zero attached hydrogens (tertiary/aromatic N) is 2. The van der Waals surface area contributed by atoms with Crippen molar-refractivity contribution in [1.82, 2.24) is 9.80 Å². The van der Waals surface area contributed by atoms with E-state index in [-0.39, 0.29) is 24.2 Å². The van der Waals surface area contributed by atoms with Crippen LogP contribution in [0.5, 0.6) is 0 Å². The molecule has 0 aromatic rings. The summed E-state index contributed by atoms with van der Waals surface area (Å²) in [6.45, 7) is 2.59. The largest absolute Gasteiger partial charge is 0.336 e. The number of hydrogen-bond acceptors (Lipinski definition) is 3. The van der Waals surface area contributed by atoms with E-state index in [0.717, 1.165) is 0 Å². The standard InChI is InChI=1S/C10H17N3O2/c1-3-8(14)5-4-6-13-9(15)7-12(2)10(13)11/h11H,3-7H2,1-2H3. The molecule has 0 aromatic heterocycles. The first-order chi connectivity index (χ1) is 7.06. The van der Waals surface area contributed by atoms with Gasteiger partial charge in [-0.2, -0.15) is 0 Å². The number of rotatable bonds is 5. The minimum atomic E-state index is -0.0496. The average molecular weight is 211 g/mol. The van der Waals surface area contributed by atoms with E-state index in [9.17, 15) is 9.59 Å². The molecule has 84 valence electrons. The van der Waals surface area contributed by atoms with E-state index >= 15 is 0 Å². The third kappa shape index (κ3) is 2.78. The molecule has 1 heterocycles. The van der Waals surface area contributed by atoms with Gasteiger partial charge in [-0.25, -0.2) is 0 Å². The highest BCUT2D eigenvalue weighted by atomic mass is 16.2. The van der Waals surface area contributed by atoms with Crippen molar-refractivity contribution in [2.45, 2.75) is 26.2 Å². The van der Waals surface area contributed by atoms with Crippen molar-refractivity contribution < 1.29 is 9.59 Å². The van der Waals surface area contributed by atoms with Crippen LogP contribution in [0.25, 0.3) is 0 Å². The number of carbonyl (C=O) groups is 2. The summed E-state index contributed by atoms with van der Waals surface area (Å²) in [5, 5.41) is 7.62. The Bertz CT molecular complexity index is 288. The smallest absolute Gasteiger partial charge is 0.248 e. The van der Waals surface area contributed by atoms with Gasteiger partial charge in [0.25, 0.3) is 0 Å². The summed E-state index contributed by atoms with van der Waals surface area (Å²) in [5.41, 5.74) is 0. The van der Waals surface area contributed by atoms with E-state index in [1.165, 1.54) is 4.90 Å². The normalized spacial score (nSPS) is 16.4. The van der Waals surface area contributed by atoms with E-state index in [4.69, 9.17) is 5.41 Å². The summed E-state index contributed by atoms with van der Waals surface area (Å²) in [7, 11) is 1.72. The molecule has 1 fully saturated rings. The Morgan fingerprint density at radius 3 is 2.67 bits per heavy atom. The molecule has 0 saturated carbocycles. The van der Waals surface area contributed by atoms with E-state index in [1.54, 1.807) is 11.9 Å². The van der Waals surface area contributed by atoms with Crippen molar-refractivity contribution in [3.05, 3.63) is 0 Å². The van der Waals surface area contributed by atoms with Crippen molar-refractivity contribution in [3.8, 4) is 0 Å². The van der Waals surface area contributed by atoms with Crippen molar-refractivity contribution in [2.24, 2.45) is 0 Å². The molecule has 1 rings (SSSR count). The van der Waals surface area contributed by atoms with Crippen LogP contribution in [0.15, 0.2) is 0 Å². The highest BCUT2D eigenvalue weighted by molar-refractivity contribution is 6.02. The molecule has 0 aliphatic carbocycles. The molecule has 5 nitrogen and oxygen atoms in total. The third-order valence-corrected chi connectivity index (χ3v) is 2.52. The Kier molecular flexibility index (Phi) is 3.82. The number of nitrogens with one attached hydrogen (secondary N) is 1. The number of likely N-dealkylation sites (N-methyl/N-ethyl adjacent to an activating group) is 1. The molecule has 1 saturated heterocycles. The Balaban J connectivity index is 2.36. The highest BCUT2D eigenvalue weighted by Crippen LogP contribution is 2.08. The van der Waals surface area contributed by atoms with E-state index < -0.39 is 0 Å². The zero-order valence-electron chi connectivity index (χ0n) is 9.25. The maximum Gasteiger partial charge on any atom is 0.248 e. The maximum atomic E-state index is 11.4. The fourth-order valence-electron chi connectivity index (χ4n) is 1.53. The van der Waals surface area contributed by atoms with Crippen LogP contribution in [-0.2, 0) is 9.59 Å². The second kappa shape index (κ2) is 4.91. The van der Waals surface area contributed by atoms with Gasteiger partial charge >= 0.3 is 0 Å². The Morgan fingerprint density at radius 1 is 1.53 bits per heavy atom. The molecule has 0 aromatic carbocycles. The molecule has 1 N–H and O–H groups in total. The Labute approximate surface area is 89.5 Å². The number of hydrogen-bond donors (Lipinski definition) is 1. The first-order valence-corrected chi connectivity index (χ1v) is 5.18. The minimum absolute atomic E-state index is 0.0496. The van der Waals surface area contributed by atoms with Crippen LogP contribution in [0, 0.1) is 5.41 Å². The van der Waals surface area contributed by atoms with Gasteiger partial charge in [0, 0.05) is 26.4 Å². The number of amides is 1. The molecular weight excluding hydrogens is 194 g/mol. The minimum Gasteiger partial charge on any atom is -0.336 e. The van der Waals surface area contributed by atoms with Gasteiger partial charge in [-0.15, -0.1) is 0 Å². The molecule has 0 spiro atoms. The molecule has 1 aliphatic rings. The summed E-state index contributed by atoms with van der Waals surface area (Å²) in [6.07, 6.45) is 1.69. The topological polar surface area (TPSA) is 64.5 Å². The van der Waals surface area contributed by atoms with Crippen LogP contribution >= 0.6 is 0 Å². The molecule has 15 heavy (non-hydrogen) atoms. The third-order valence-electron chi connectivity index (χ3n) is 2.52. The molecular formula is C10H17N3O2. The molecule has 0 atom stereocenters. The van der Waals surface area contributed by atoms with Crippen molar-refractivity contribution in [1.29, 1.82) is 5.41 Å². The predicted molar refractivity (Wildman–Crippen MR) is 56.6 cm³/mol. The van der Waals surface area contributed by atoms with Crippen molar-refractivity contribution in [3.63, 3.8) is 0 Å². The van der Waals surface area contributed by atoms with Crippen LogP contribution < -0.4 is 0 Å². The van der Waals surface area contributed by atoms with Crippen LogP contribution in [0.3, 0.4) is 0 Å². The fourth-order valence-corrected chi connectivity index (χ4v) is 1.53. The summed E-state index contributed by atoms with van der Waals surface area (Å²) < 4.78 is 0. The van der Waals surface area contributed by atoms with Crippen LogP contribution in [0.4, 0.5) is 0 Å². The lowest BCUT2D eigenvalue weighted by Gasteiger charge is -2.16. The SMILES string of the molecule is CCC(=O)CCCN1C(=N)N(C)CC1=O. The van der Waals surface area contributed by atoms with Crippen LogP contribution in [0.1, 0.15) is 26.2 Å². The second-order valence-electron chi connectivity index (χ2n) is 3.72. The summed E-state index contributed by atoms with van der Waals surface area (Å²) in [4.78, 5) is 25.5. The number of Topliss-reactive ketones (excluding diaryl/α,β-unsaturated/α-hetero) is 1. The number of guanidine groups is 1. The quantitative estimate of drug-likeness (QED) is 0.718. The molecule has 1 amide bonds. The van der Waals surface area contributed by atoms with E-state index in [1.807, 2.05) is 6.92 Å². The van der Waals surface area contributed by atoms with Crippen molar-refractivity contribution in [2.75, 3.05) is 20.1 Å². The fraction of sp³-hybridized carbons (Fsp3) is 0.700. The van der Waals surface area contributed by atoms with Gasteiger partial charge < -0.3 is 4.90 Å². The monoisotopic (exact) mass is 211 g/mol. The zero-order chi connectivity index (χ0) is 11.4. The lowest BCUT2D eigenvalue weighted by molar-refractivity contribution is -0.125. The predicted octanol–water partition coefficient (Wildman–Crippen LogP) is 0.454. The van der Waals surface area contributed by atoms with Gasteiger partial charge in [-0.05, 0) is 6.42 Å². The molecule has 5 heteroatoms. The summed E-state index contributed by atoms with van der Waals surface area (Å²) in [5.74, 6) is 0.400. The Hall–Kier alpha value is -1.39. The molecule has 0 radical (unpaired) electrons. The molecule has 0 unspecified atom stereocenters. The first kappa shape index (κ1) is 11.7. The molecule has 1 aliphatic heterocycles. The average Bonchev–Trinajstić information content (AvgIpc) is 2.44. The van der Waals surface area contributed by atoms with Gasteiger partial charge in [0.1, 0.15) is 5.78 Å². The maximum absolute atomic E-state index is 11.4. The van der Waals surface area contributed by atoms with Crippen LogP contribution in [-0.4, -0.2) is 47.6 Å². The van der Waals surface area contributed by atoms with Gasteiger partial charge in [0.15, 0.2) is 0 Å². The number of ketones is 1. The van der Waals surface area contributed by atoms with Crippen molar-refractivity contribution >= 4 is 17.6 Å². The van der Waals surface area contributed by atoms with Crippen LogP contribution in [0.2, 0.25) is 0 Å². The lowest BCUT2D eigenvalue weighted by Crippen LogP contribution is -2.33. The highest BCUT2D eigenvalue weighted by Gasteiger charge is 2.29. The first-order valence-electron chi connectivity index (χ1n) is 5.18. The lowest BCUT2D eigenvalue weighted by atomic mass is 10.2. The Morgan fingerprint density at radius 2 is 2.20 bits per heavy atom. The zero-order valence-corrected chi connectivity index (χ0v) is 9.25. The summed E-state index contributed by atoms with van der Waals surface area (Å²) in [6, 6.07) is 0. The van der Waals surface area contributed by atoms with E-state index in [0.29, 0.717) is 25.8 Å².